The Morgan fingerprint density at radius 2 is 2.30 bits per heavy atom. The second-order valence-electron chi connectivity index (χ2n) is 4.80. The van der Waals surface area contributed by atoms with Gasteiger partial charge in [-0.2, -0.15) is 0 Å². The number of halogens is 1. The van der Waals surface area contributed by atoms with Crippen LogP contribution in [0.15, 0.2) is 15.3 Å². The molecule has 3 aromatic rings. The predicted molar refractivity (Wildman–Crippen MR) is 84.1 cm³/mol. The highest BCUT2D eigenvalue weighted by atomic mass is 79.9. The van der Waals surface area contributed by atoms with Gasteiger partial charge in [0.25, 0.3) is 0 Å². The van der Waals surface area contributed by atoms with Gasteiger partial charge in [-0.25, -0.2) is 9.61 Å². The molecule has 0 saturated heterocycles. The number of hydrogen-bond donors (Lipinski definition) is 2. The number of ether oxygens (including phenoxy) is 1. The van der Waals surface area contributed by atoms with Crippen LogP contribution in [0.5, 0.6) is 0 Å². The van der Waals surface area contributed by atoms with Crippen LogP contribution in [0.4, 0.5) is 5.82 Å². The maximum atomic E-state index is 11.3. The van der Waals surface area contributed by atoms with Gasteiger partial charge in [-0.1, -0.05) is 6.92 Å². The minimum atomic E-state index is -0.482. The molecule has 0 aliphatic carbocycles. The number of carbonyl (C=O) groups is 1. The second kappa shape index (κ2) is 5.95. The van der Waals surface area contributed by atoms with Crippen LogP contribution in [0.3, 0.4) is 0 Å². The van der Waals surface area contributed by atoms with E-state index in [2.05, 4.69) is 45.8 Å². The molecule has 1 atom stereocenters. The number of pyridine rings is 1. The van der Waals surface area contributed by atoms with Crippen molar-refractivity contribution in [1.82, 2.24) is 25.3 Å². The maximum absolute atomic E-state index is 11.3. The summed E-state index contributed by atoms with van der Waals surface area (Å²) >= 11 is 3.40. The van der Waals surface area contributed by atoms with Gasteiger partial charge in [0.15, 0.2) is 17.3 Å². The van der Waals surface area contributed by atoms with Gasteiger partial charge in [-0.15, -0.1) is 0 Å². The van der Waals surface area contributed by atoms with Crippen molar-refractivity contribution in [2.75, 3.05) is 5.73 Å². The molecular formula is C13H13BrN6O3. The number of H-pyrrole nitrogens is 1. The third-order valence-corrected chi connectivity index (χ3v) is 3.81. The van der Waals surface area contributed by atoms with Crippen molar-refractivity contribution in [2.24, 2.45) is 0 Å². The summed E-state index contributed by atoms with van der Waals surface area (Å²) < 4.78 is 10.6. The number of anilines is 1. The van der Waals surface area contributed by atoms with Crippen molar-refractivity contribution < 1.29 is 14.2 Å². The number of nitrogens with zero attached hydrogens (tertiary/aromatic N) is 4. The summed E-state index contributed by atoms with van der Waals surface area (Å²) in [4.78, 5) is 23.2. The van der Waals surface area contributed by atoms with Crippen LogP contribution in [0.2, 0.25) is 0 Å². The summed E-state index contributed by atoms with van der Waals surface area (Å²) in [6.07, 6.45) is 1.70. The number of hydrogen-bond acceptors (Lipinski definition) is 8. The summed E-state index contributed by atoms with van der Waals surface area (Å²) in [6, 6.07) is 0. The molecule has 1 unspecified atom stereocenters. The molecule has 0 aliphatic rings. The monoisotopic (exact) mass is 380 g/mol. The van der Waals surface area contributed by atoms with Gasteiger partial charge in [0.1, 0.15) is 17.3 Å². The highest BCUT2D eigenvalue weighted by Gasteiger charge is 2.23. The Morgan fingerprint density at radius 1 is 1.52 bits per heavy atom. The van der Waals surface area contributed by atoms with Gasteiger partial charge in [0.2, 0.25) is 0 Å². The van der Waals surface area contributed by atoms with Crippen molar-refractivity contribution in [3.8, 4) is 11.5 Å². The fraction of sp³-hybridized carbons (Fsp3) is 0.308. The molecule has 0 spiro atoms. The van der Waals surface area contributed by atoms with E-state index < -0.39 is 6.10 Å². The van der Waals surface area contributed by atoms with Crippen LogP contribution in [0.25, 0.3) is 22.6 Å². The molecular weight excluding hydrogens is 368 g/mol. The van der Waals surface area contributed by atoms with Crippen molar-refractivity contribution >= 4 is 38.8 Å². The minimum absolute atomic E-state index is 0.127. The number of nitrogens with two attached hydrogens (primary N) is 1. The average Bonchev–Trinajstić information content (AvgIpc) is 3.12. The molecule has 3 heterocycles. The number of rotatable bonds is 4. The van der Waals surface area contributed by atoms with Crippen molar-refractivity contribution in [3.63, 3.8) is 0 Å². The van der Waals surface area contributed by atoms with E-state index in [4.69, 9.17) is 10.5 Å². The number of nitrogen functional groups attached to an aromatic ring is 1. The molecule has 3 rings (SSSR count). The molecule has 3 N–H and O–H groups in total. The van der Waals surface area contributed by atoms with E-state index in [0.29, 0.717) is 39.1 Å². The Labute approximate surface area is 138 Å². The molecule has 120 valence electrons. The number of aromatic amines is 1. The van der Waals surface area contributed by atoms with Gasteiger partial charge in [-0.3, -0.25) is 9.78 Å². The van der Waals surface area contributed by atoms with Crippen LogP contribution in [0, 0.1) is 0 Å². The number of fused-ring (bicyclic) bond motifs is 1. The standard InChI is InChI=1S/C13H13BrN6O3/c1-3-7(22-5(2)21)9-10-8(6(14)4-16-9)17-13(18-10)11-12(15)20-23-19-11/h4,7H,3H2,1-2H3,(H2,15,20)(H,17,18). The molecule has 9 nitrogen and oxygen atoms in total. The van der Waals surface area contributed by atoms with Crippen molar-refractivity contribution in [3.05, 3.63) is 16.4 Å². The maximum Gasteiger partial charge on any atom is 0.303 e. The van der Waals surface area contributed by atoms with Crippen LogP contribution >= 0.6 is 15.9 Å². The van der Waals surface area contributed by atoms with E-state index in [1.54, 1.807) is 6.20 Å². The molecule has 0 fully saturated rings. The van der Waals surface area contributed by atoms with Gasteiger partial charge in [0.05, 0.1) is 9.99 Å². The zero-order valence-corrected chi connectivity index (χ0v) is 13.9. The first-order valence-corrected chi connectivity index (χ1v) is 7.60. The number of nitrogens with one attached hydrogen (secondary N) is 1. The molecule has 0 bridgehead atoms. The Morgan fingerprint density at radius 3 is 2.91 bits per heavy atom. The smallest absolute Gasteiger partial charge is 0.303 e. The summed E-state index contributed by atoms with van der Waals surface area (Å²) in [5, 5.41) is 7.26. The first-order valence-electron chi connectivity index (χ1n) is 6.81. The lowest BCUT2D eigenvalue weighted by Gasteiger charge is -2.15. The zero-order chi connectivity index (χ0) is 16.6. The third-order valence-electron chi connectivity index (χ3n) is 3.23. The Bertz CT molecular complexity index is 874. The summed E-state index contributed by atoms with van der Waals surface area (Å²) in [5.74, 6) is 0.146. The van der Waals surface area contributed by atoms with E-state index in [9.17, 15) is 4.79 Å². The lowest BCUT2D eigenvalue weighted by molar-refractivity contribution is -0.147. The van der Waals surface area contributed by atoms with E-state index in [-0.39, 0.29) is 11.8 Å². The third kappa shape index (κ3) is 2.77. The molecule has 0 aliphatic heterocycles. The first kappa shape index (κ1) is 15.4. The quantitative estimate of drug-likeness (QED) is 0.658. The minimum Gasteiger partial charge on any atom is -0.456 e. The Hall–Kier alpha value is -2.49. The zero-order valence-electron chi connectivity index (χ0n) is 12.3. The average molecular weight is 381 g/mol. The normalized spacial score (nSPS) is 12.5. The second-order valence-corrected chi connectivity index (χ2v) is 5.66. The molecule has 3 aromatic heterocycles. The number of imidazole rings is 1. The fourth-order valence-corrected chi connectivity index (χ4v) is 2.62. The van der Waals surface area contributed by atoms with E-state index >= 15 is 0 Å². The number of carbonyl (C=O) groups excluding carboxylic acids is 1. The van der Waals surface area contributed by atoms with Crippen molar-refractivity contribution in [1.29, 1.82) is 0 Å². The fourth-order valence-electron chi connectivity index (χ4n) is 2.23. The Kier molecular flexibility index (Phi) is 3.99. The van der Waals surface area contributed by atoms with Gasteiger partial charge in [-0.05, 0) is 32.7 Å². The van der Waals surface area contributed by atoms with Gasteiger partial charge < -0.3 is 15.5 Å². The molecule has 0 saturated carbocycles. The lowest BCUT2D eigenvalue weighted by Crippen LogP contribution is -2.10. The van der Waals surface area contributed by atoms with Gasteiger partial charge >= 0.3 is 5.97 Å². The molecule has 0 amide bonds. The number of esters is 1. The van der Waals surface area contributed by atoms with E-state index in [1.807, 2.05) is 6.92 Å². The molecule has 0 aromatic carbocycles. The Balaban J connectivity index is 2.17. The summed E-state index contributed by atoms with van der Waals surface area (Å²) in [6.45, 7) is 3.26. The van der Waals surface area contributed by atoms with Crippen molar-refractivity contribution in [2.45, 2.75) is 26.4 Å². The largest absolute Gasteiger partial charge is 0.456 e. The molecule has 23 heavy (non-hydrogen) atoms. The van der Waals surface area contributed by atoms with E-state index in [0.717, 1.165) is 0 Å². The molecule has 0 radical (unpaired) electrons. The van der Waals surface area contributed by atoms with E-state index in [1.165, 1.54) is 6.92 Å². The van der Waals surface area contributed by atoms with Crippen LogP contribution < -0.4 is 5.73 Å². The summed E-state index contributed by atoms with van der Waals surface area (Å²) in [5.41, 5.74) is 7.83. The lowest BCUT2D eigenvalue weighted by atomic mass is 10.1. The SMILES string of the molecule is CCC(OC(C)=O)c1ncc(Br)c2nc(-c3nonc3N)[nH]c12. The highest BCUT2D eigenvalue weighted by molar-refractivity contribution is 9.10. The van der Waals surface area contributed by atoms with Crippen LogP contribution in [0.1, 0.15) is 32.1 Å². The van der Waals surface area contributed by atoms with Gasteiger partial charge in [0, 0.05) is 13.1 Å². The predicted octanol–water partition coefficient (Wildman–Crippen LogP) is 2.37. The first-order chi connectivity index (χ1) is 11.0. The molecule has 10 heteroatoms. The number of aromatic nitrogens is 5. The van der Waals surface area contributed by atoms with Crippen LogP contribution in [-0.2, 0) is 9.53 Å². The topological polar surface area (TPSA) is 133 Å². The highest BCUT2D eigenvalue weighted by Crippen LogP contribution is 2.32. The summed E-state index contributed by atoms with van der Waals surface area (Å²) in [7, 11) is 0. The van der Waals surface area contributed by atoms with Crippen LogP contribution in [-0.4, -0.2) is 31.2 Å².